The largest absolute Gasteiger partial charge is 0.370 e. The second-order valence-electron chi connectivity index (χ2n) is 5.25. The number of aliphatic imine (C=N–C) groups is 1. The summed E-state index contributed by atoms with van der Waals surface area (Å²) in [5, 5.41) is 6.18. The van der Waals surface area contributed by atoms with Crippen molar-refractivity contribution in [2.45, 2.75) is 18.9 Å². The number of hydrogen-bond acceptors (Lipinski definition) is 2. The predicted octanol–water partition coefficient (Wildman–Crippen LogP) is 1.69. The fraction of sp³-hybridized carbons (Fsp3) is 0.312. The Labute approximate surface area is 118 Å². The normalized spacial score (nSPS) is 17.1. The fourth-order valence-electron chi connectivity index (χ4n) is 2.94. The van der Waals surface area contributed by atoms with E-state index < -0.39 is 0 Å². The molecule has 0 heterocycles. The molecule has 2 aromatic carbocycles. The number of guanidine groups is 1. The molecule has 1 atom stereocenters. The highest BCUT2D eigenvalue weighted by molar-refractivity contribution is 5.84. The van der Waals surface area contributed by atoms with Crippen molar-refractivity contribution < 1.29 is 0 Å². The number of fused-ring (bicyclic) bond motifs is 2. The van der Waals surface area contributed by atoms with Crippen molar-refractivity contribution in [2.24, 2.45) is 16.5 Å². The first-order valence-corrected chi connectivity index (χ1v) is 7.04. The highest BCUT2D eigenvalue weighted by atomic mass is 15.0. The minimum Gasteiger partial charge on any atom is -0.370 e. The van der Waals surface area contributed by atoms with Crippen molar-refractivity contribution in [3.63, 3.8) is 0 Å². The second kappa shape index (κ2) is 5.51. The second-order valence-corrected chi connectivity index (χ2v) is 5.25. The summed E-state index contributed by atoms with van der Waals surface area (Å²) in [6.07, 6.45) is 2.29. The van der Waals surface area contributed by atoms with Crippen LogP contribution in [0, 0.1) is 0 Å². The number of nitrogens with zero attached hydrogens (tertiary/aromatic N) is 1. The van der Waals surface area contributed by atoms with Crippen molar-refractivity contribution in [1.82, 2.24) is 5.32 Å². The van der Waals surface area contributed by atoms with E-state index in [1.54, 1.807) is 0 Å². The van der Waals surface area contributed by atoms with Crippen LogP contribution in [0.25, 0.3) is 10.8 Å². The van der Waals surface area contributed by atoms with Crippen LogP contribution in [-0.4, -0.2) is 19.0 Å². The standard InChI is InChI=1S/C16H20N4/c17-16(18)20-8-7-19-15-6-5-13-9-11-3-1-2-4-12(11)10-14(13)15/h1-4,9-10,15,19H,5-8H2,(H4,17,18,20). The molecular weight excluding hydrogens is 248 g/mol. The lowest BCUT2D eigenvalue weighted by Gasteiger charge is -2.14. The lowest BCUT2D eigenvalue weighted by atomic mass is 10.0. The molecule has 4 nitrogen and oxygen atoms in total. The first kappa shape index (κ1) is 12.9. The molecule has 0 spiro atoms. The minimum atomic E-state index is 0.157. The van der Waals surface area contributed by atoms with Crippen LogP contribution in [0.4, 0.5) is 0 Å². The van der Waals surface area contributed by atoms with E-state index in [1.807, 2.05) is 0 Å². The first-order chi connectivity index (χ1) is 9.74. The van der Waals surface area contributed by atoms with E-state index in [9.17, 15) is 0 Å². The number of benzene rings is 2. The van der Waals surface area contributed by atoms with Gasteiger partial charge in [0.05, 0.1) is 6.54 Å². The molecule has 4 heteroatoms. The van der Waals surface area contributed by atoms with Gasteiger partial charge in [0, 0.05) is 12.6 Å². The van der Waals surface area contributed by atoms with E-state index in [1.165, 1.54) is 21.9 Å². The molecule has 20 heavy (non-hydrogen) atoms. The number of nitrogens with two attached hydrogens (primary N) is 2. The summed E-state index contributed by atoms with van der Waals surface area (Å²) in [5.41, 5.74) is 13.5. The van der Waals surface area contributed by atoms with Crippen LogP contribution < -0.4 is 16.8 Å². The summed E-state index contributed by atoms with van der Waals surface area (Å²) < 4.78 is 0. The van der Waals surface area contributed by atoms with Crippen LogP contribution in [0.1, 0.15) is 23.6 Å². The van der Waals surface area contributed by atoms with Crippen molar-refractivity contribution in [1.29, 1.82) is 0 Å². The zero-order valence-corrected chi connectivity index (χ0v) is 11.5. The molecule has 1 aliphatic rings. The molecule has 104 valence electrons. The maximum absolute atomic E-state index is 5.33. The topological polar surface area (TPSA) is 76.4 Å². The van der Waals surface area contributed by atoms with Crippen LogP contribution in [0.2, 0.25) is 0 Å². The average Bonchev–Trinajstić information content (AvgIpc) is 2.83. The Kier molecular flexibility index (Phi) is 3.56. The zero-order valence-electron chi connectivity index (χ0n) is 11.5. The smallest absolute Gasteiger partial charge is 0.185 e. The maximum atomic E-state index is 5.33. The first-order valence-electron chi connectivity index (χ1n) is 7.04. The fourth-order valence-corrected chi connectivity index (χ4v) is 2.94. The third-order valence-corrected chi connectivity index (χ3v) is 3.88. The van der Waals surface area contributed by atoms with E-state index in [4.69, 9.17) is 11.5 Å². The Morgan fingerprint density at radius 2 is 1.95 bits per heavy atom. The predicted molar refractivity (Wildman–Crippen MR) is 83.7 cm³/mol. The van der Waals surface area contributed by atoms with E-state index in [0.29, 0.717) is 12.6 Å². The monoisotopic (exact) mass is 268 g/mol. The molecule has 0 saturated heterocycles. The van der Waals surface area contributed by atoms with E-state index in [-0.39, 0.29) is 5.96 Å². The Morgan fingerprint density at radius 3 is 2.70 bits per heavy atom. The molecule has 0 saturated carbocycles. The van der Waals surface area contributed by atoms with E-state index >= 15 is 0 Å². The summed E-state index contributed by atoms with van der Waals surface area (Å²) in [4.78, 5) is 4.00. The van der Waals surface area contributed by atoms with Gasteiger partial charge in [-0.2, -0.15) is 0 Å². The number of aryl methyl sites for hydroxylation is 1. The maximum Gasteiger partial charge on any atom is 0.185 e. The van der Waals surface area contributed by atoms with Crippen molar-refractivity contribution in [3.8, 4) is 0 Å². The Morgan fingerprint density at radius 1 is 1.20 bits per heavy atom. The minimum absolute atomic E-state index is 0.157. The van der Waals surface area contributed by atoms with Gasteiger partial charge in [-0.3, -0.25) is 4.99 Å². The molecule has 0 amide bonds. The van der Waals surface area contributed by atoms with Gasteiger partial charge in [0.15, 0.2) is 5.96 Å². The van der Waals surface area contributed by atoms with E-state index in [0.717, 1.165) is 19.4 Å². The molecule has 5 N–H and O–H groups in total. The summed E-state index contributed by atoms with van der Waals surface area (Å²) in [5.74, 6) is 0.157. The van der Waals surface area contributed by atoms with Gasteiger partial charge < -0.3 is 16.8 Å². The molecular formula is C16H20N4. The summed E-state index contributed by atoms with van der Waals surface area (Å²) in [6.45, 7) is 1.43. The van der Waals surface area contributed by atoms with Crippen LogP contribution >= 0.6 is 0 Å². The Hall–Kier alpha value is -2.07. The van der Waals surface area contributed by atoms with E-state index in [2.05, 4.69) is 46.7 Å². The van der Waals surface area contributed by atoms with Gasteiger partial charge in [-0.1, -0.05) is 30.3 Å². The molecule has 0 radical (unpaired) electrons. The molecule has 0 bridgehead atoms. The highest BCUT2D eigenvalue weighted by Crippen LogP contribution is 2.34. The summed E-state index contributed by atoms with van der Waals surface area (Å²) >= 11 is 0. The number of nitrogens with one attached hydrogen (secondary N) is 1. The third kappa shape index (κ3) is 2.60. The van der Waals surface area contributed by atoms with Gasteiger partial charge >= 0.3 is 0 Å². The lowest BCUT2D eigenvalue weighted by molar-refractivity contribution is 0.538. The molecule has 3 rings (SSSR count). The number of hydrogen-bond donors (Lipinski definition) is 3. The van der Waals surface area contributed by atoms with Crippen LogP contribution in [0.15, 0.2) is 41.4 Å². The number of rotatable bonds is 4. The van der Waals surface area contributed by atoms with Gasteiger partial charge in [0.2, 0.25) is 0 Å². The van der Waals surface area contributed by atoms with Gasteiger partial charge in [-0.05, 0) is 40.8 Å². The highest BCUT2D eigenvalue weighted by Gasteiger charge is 2.22. The SMILES string of the molecule is NC(N)=NCCNC1CCc2cc3ccccc3cc21. The molecule has 0 aliphatic heterocycles. The van der Waals surface area contributed by atoms with Crippen molar-refractivity contribution >= 4 is 16.7 Å². The Bertz CT molecular complexity index is 644. The van der Waals surface area contributed by atoms with Gasteiger partial charge in [0.1, 0.15) is 0 Å². The van der Waals surface area contributed by atoms with Gasteiger partial charge in [-0.15, -0.1) is 0 Å². The van der Waals surface area contributed by atoms with Crippen molar-refractivity contribution in [2.75, 3.05) is 13.1 Å². The molecule has 0 aromatic heterocycles. The van der Waals surface area contributed by atoms with Crippen LogP contribution in [0.5, 0.6) is 0 Å². The summed E-state index contributed by atoms with van der Waals surface area (Å²) in [7, 11) is 0. The van der Waals surface area contributed by atoms with Gasteiger partial charge in [-0.25, -0.2) is 0 Å². The molecule has 2 aromatic rings. The van der Waals surface area contributed by atoms with Crippen LogP contribution in [0.3, 0.4) is 0 Å². The lowest BCUT2D eigenvalue weighted by Crippen LogP contribution is -2.26. The summed E-state index contributed by atoms with van der Waals surface area (Å²) in [6, 6.07) is 13.6. The zero-order chi connectivity index (χ0) is 13.9. The molecule has 1 unspecified atom stereocenters. The quantitative estimate of drug-likeness (QED) is 0.448. The van der Waals surface area contributed by atoms with Crippen molar-refractivity contribution in [3.05, 3.63) is 47.5 Å². The average molecular weight is 268 g/mol. The molecule has 0 fully saturated rings. The third-order valence-electron chi connectivity index (χ3n) is 3.88. The van der Waals surface area contributed by atoms with Gasteiger partial charge in [0.25, 0.3) is 0 Å². The molecule has 1 aliphatic carbocycles. The Balaban J connectivity index is 1.76. The van der Waals surface area contributed by atoms with Crippen LogP contribution in [-0.2, 0) is 6.42 Å².